The van der Waals surface area contributed by atoms with E-state index in [1.165, 1.54) is 6.07 Å². The minimum atomic E-state index is -0.217. The first-order chi connectivity index (χ1) is 9.38. The first kappa shape index (κ1) is 15.4. The molecule has 1 fully saturated rings. The lowest BCUT2D eigenvalue weighted by atomic mass is 9.98. The van der Waals surface area contributed by atoms with Crippen LogP contribution in [0.2, 0.25) is 10.0 Å². The number of hydrogen-bond donors (Lipinski definition) is 2. The van der Waals surface area contributed by atoms with E-state index in [-0.39, 0.29) is 17.0 Å². The Hall–Kier alpha value is -0.970. The SMILES string of the molecule is CC1CC(NC(=O)c2cc(N)cc(Cl)c2Cl)CCN1C. The molecule has 1 saturated heterocycles. The van der Waals surface area contributed by atoms with Gasteiger partial charge < -0.3 is 16.0 Å². The van der Waals surface area contributed by atoms with Gasteiger partial charge in [-0.1, -0.05) is 23.2 Å². The summed E-state index contributed by atoms with van der Waals surface area (Å²) in [6.07, 6.45) is 1.86. The van der Waals surface area contributed by atoms with E-state index >= 15 is 0 Å². The van der Waals surface area contributed by atoms with E-state index in [0.29, 0.717) is 22.3 Å². The van der Waals surface area contributed by atoms with Gasteiger partial charge in [0.25, 0.3) is 5.91 Å². The van der Waals surface area contributed by atoms with Crippen LogP contribution in [-0.4, -0.2) is 36.5 Å². The number of nitrogens with zero attached hydrogens (tertiary/aromatic N) is 1. The maximum absolute atomic E-state index is 12.3. The number of rotatable bonds is 2. The summed E-state index contributed by atoms with van der Waals surface area (Å²) in [6, 6.07) is 3.71. The molecule has 0 radical (unpaired) electrons. The fourth-order valence-corrected chi connectivity index (χ4v) is 2.88. The molecule has 1 aromatic carbocycles. The molecule has 0 bridgehead atoms. The van der Waals surface area contributed by atoms with Gasteiger partial charge in [0.2, 0.25) is 0 Å². The van der Waals surface area contributed by atoms with Gasteiger partial charge in [0.1, 0.15) is 0 Å². The summed E-state index contributed by atoms with van der Waals surface area (Å²) < 4.78 is 0. The second-order valence-electron chi connectivity index (χ2n) is 5.39. The van der Waals surface area contributed by atoms with Crippen LogP contribution in [0.5, 0.6) is 0 Å². The van der Waals surface area contributed by atoms with Crippen molar-refractivity contribution in [2.45, 2.75) is 31.8 Å². The van der Waals surface area contributed by atoms with Crippen LogP contribution < -0.4 is 11.1 Å². The molecule has 20 heavy (non-hydrogen) atoms. The number of nitrogens with two attached hydrogens (primary N) is 1. The molecular formula is C14H19Cl2N3O. The van der Waals surface area contributed by atoms with Crippen LogP contribution in [0.15, 0.2) is 12.1 Å². The van der Waals surface area contributed by atoms with E-state index in [9.17, 15) is 4.79 Å². The Morgan fingerprint density at radius 2 is 2.15 bits per heavy atom. The number of halogens is 2. The highest BCUT2D eigenvalue weighted by atomic mass is 35.5. The van der Waals surface area contributed by atoms with Crippen LogP contribution in [0, 0.1) is 0 Å². The van der Waals surface area contributed by atoms with Crippen LogP contribution in [0.3, 0.4) is 0 Å². The monoisotopic (exact) mass is 315 g/mol. The highest BCUT2D eigenvalue weighted by Crippen LogP contribution is 2.29. The summed E-state index contributed by atoms with van der Waals surface area (Å²) in [5.41, 5.74) is 6.48. The normalized spacial score (nSPS) is 23.6. The van der Waals surface area contributed by atoms with Gasteiger partial charge in [0.15, 0.2) is 0 Å². The van der Waals surface area contributed by atoms with E-state index in [1.54, 1.807) is 6.07 Å². The zero-order valence-corrected chi connectivity index (χ0v) is 13.1. The Morgan fingerprint density at radius 1 is 1.45 bits per heavy atom. The Balaban J connectivity index is 2.09. The van der Waals surface area contributed by atoms with Crippen molar-refractivity contribution in [3.8, 4) is 0 Å². The zero-order valence-electron chi connectivity index (χ0n) is 11.6. The topological polar surface area (TPSA) is 58.4 Å². The third-order valence-corrected chi connectivity index (χ3v) is 4.64. The van der Waals surface area contributed by atoms with Gasteiger partial charge in [0, 0.05) is 24.3 Å². The van der Waals surface area contributed by atoms with Crippen molar-refractivity contribution in [1.29, 1.82) is 0 Å². The Kier molecular flexibility index (Phi) is 4.78. The van der Waals surface area contributed by atoms with E-state index in [2.05, 4.69) is 24.2 Å². The number of hydrogen-bond acceptors (Lipinski definition) is 3. The molecule has 4 nitrogen and oxygen atoms in total. The van der Waals surface area contributed by atoms with E-state index in [0.717, 1.165) is 19.4 Å². The lowest BCUT2D eigenvalue weighted by molar-refractivity contribution is 0.0896. The average Bonchev–Trinajstić information content (AvgIpc) is 2.38. The van der Waals surface area contributed by atoms with Crippen LogP contribution in [0.25, 0.3) is 0 Å². The second-order valence-corrected chi connectivity index (χ2v) is 6.17. The van der Waals surface area contributed by atoms with Crippen LogP contribution >= 0.6 is 23.2 Å². The fourth-order valence-electron chi connectivity index (χ4n) is 2.46. The predicted molar refractivity (Wildman–Crippen MR) is 83.5 cm³/mol. The van der Waals surface area contributed by atoms with Gasteiger partial charge >= 0.3 is 0 Å². The van der Waals surface area contributed by atoms with Crippen molar-refractivity contribution < 1.29 is 4.79 Å². The smallest absolute Gasteiger partial charge is 0.253 e. The van der Waals surface area contributed by atoms with Crippen molar-refractivity contribution in [2.24, 2.45) is 0 Å². The molecule has 2 unspecified atom stereocenters. The summed E-state index contributed by atoms with van der Waals surface area (Å²) in [5, 5.41) is 3.57. The van der Waals surface area contributed by atoms with Crippen molar-refractivity contribution in [3.63, 3.8) is 0 Å². The van der Waals surface area contributed by atoms with Crippen molar-refractivity contribution in [1.82, 2.24) is 10.2 Å². The maximum atomic E-state index is 12.3. The lowest BCUT2D eigenvalue weighted by Crippen LogP contribution is -2.47. The molecule has 1 aromatic rings. The molecule has 1 amide bonds. The molecule has 6 heteroatoms. The Morgan fingerprint density at radius 3 is 2.80 bits per heavy atom. The van der Waals surface area contributed by atoms with Gasteiger partial charge in [-0.15, -0.1) is 0 Å². The number of anilines is 1. The fraction of sp³-hybridized carbons (Fsp3) is 0.500. The van der Waals surface area contributed by atoms with Crippen LogP contribution in [0.1, 0.15) is 30.1 Å². The molecule has 0 spiro atoms. The molecule has 0 aliphatic carbocycles. The van der Waals surface area contributed by atoms with E-state index in [1.807, 2.05) is 0 Å². The average molecular weight is 316 g/mol. The molecule has 1 aliphatic heterocycles. The van der Waals surface area contributed by atoms with Gasteiger partial charge in [-0.25, -0.2) is 0 Å². The number of carbonyl (C=O) groups excluding carboxylic acids is 1. The molecule has 1 aliphatic rings. The minimum Gasteiger partial charge on any atom is -0.399 e. The summed E-state index contributed by atoms with van der Waals surface area (Å²) in [6.45, 7) is 3.13. The maximum Gasteiger partial charge on any atom is 0.253 e. The van der Waals surface area contributed by atoms with Gasteiger partial charge in [-0.3, -0.25) is 4.79 Å². The Labute approximate surface area is 129 Å². The number of benzene rings is 1. The minimum absolute atomic E-state index is 0.157. The molecule has 110 valence electrons. The number of likely N-dealkylation sites (tertiary alicyclic amines) is 1. The lowest BCUT2D eigenvalue weighted by Gasteiger charge is -2.35. The molecule has 0 aromatic heterocycles. The van der Waals surface area contributed by atoms with Crippen LogP contribution in [-0.2, 0) is 0 Å². The summed E-state index contributed by atoms with van der Waals surface area (Å²) in [7, 11) is 2.09. The van der Waals surface area contributed by atoms with Gasteiger partial charge in [-0.05, 0) is 38.9 Å². The third-order valence-electron chi connectivity index (χ3n) is 3.84. The van der Waals surface area contributed by atoms with Gasteiger partial charge in [0.05, 0.1) is 15.6 Å². The predicted octanol–water partition coefficient (Wildman–Crippen LogP) is 2.79. The largest absolute Gasteiger partial charge is 0.399 e. The Bertz CT molecular complexity index is 521. The standard InChI is InChI=1S/C14H19Cl2N3O/c1-8-5-10(3-4-19(8)2)18-14(20)11-6-9(17)7-12(15)13(11)16/h6-8,10H,3-5,17H2,1-2H3,(H,18,20). The highest BCUT2D eigenvalue weighted by molar-refractivity contribution is 6.44. The number of amides is 1. The van der Waals surface area contributed by atoms with Crippen molar-refractivity contribution in [2.75, 3.05) is 19.3 Å². The molecule has 0 saturated carbocycles. The second kappa shape index (κ2) is 6.20. The quantitative estimate of drug-likeness (QED) is 0.825. The number of nitrogen functional groups attached to an aromatic ring is 1. The molecule has 2 atom stereocenters. The number of piperidine rings is 1. The third kappa shape index (κ3) is 3.37. The van der Waals surface area contributed by atoms with Gasteiger partial charge in [-0.2, -0.15) is 0 Å². The van der Waals surface area contributed by atoms with E-state index < -0.39 is 0 Å². The van der Waals surface area contributed by atoms with E-state index in [4.69, 9.17) is 28.9 Å². The summed E-state index contributed by atoms with van der Waals surface area (Å²) >= 11 is 12.0. The molecule has 2 rings (SSSR count). The summed E-state index contributed by atoms with van der Waals surface area (Å²) in [4.78, 5) is 14.6. The molecule has 3 N–H and O–H groups in total. The molecular weight excluding hydrogens is 297 g/mol. The zero-order chi connectivity index (χ0) is 14.9. The highest BCUT2D eigenvalue weighted by Gasteiger charge is 2.25. The number of nitrogens with one attached hydrogen (secondary N) is 1. The first-order valence-corrected chi connectivity index (χ1v) is 7.39. The van der Waals surface area contributed by atoms with Crippen molar-refractivity contribution >= 4 is 34.8 Å². The van der Waals surface area contributed by atoms with Crippen LogP contribution in [0.4, 0.5) is 5.69 Å². The summed E-state index contributed by atoms with van der Waals surface area (Å²) in [5.74, 6) is -0.217. The van der Waals surface area contributed by atoms with Crippen molar-refractivity contribution in [3.05, 3.63) is 27.7 Å². The number of carbonyl (C=O) groups is 1. The first-order valence-electron chi connectivity index (χ1n) is 6.64. The molecule has 1 heterocycles.